The van der Waals surface area contributed by atoms with Crippen molar-refractivity contribution in [2.75, 3.05) is 0 Å². The van der Waals surface area contributed by atoms with Crippen LogP contribution in [0.5, 0.6) is 0 Å². The molecule has 5 rings (SSSR count). The van der Waals surface area contributed by atoms with E-state index in [0.717, 1.165) is 42.6 Å². The van der Waals surface area contributed by atoms with Gasteiger partial charge in [0.2, 0.25) is 0 Å². The van der Waals surface area contributed by atoms with E-state index in [4.69, 9.17) is 4.18 Å². The average Bonchev–Trinajstić information content (AvgIpc) is 2.45. The lowest BCUT2D eigenvalue weighted by atomic mass is 9.48. The summed E-state index contributed by atoms with van der Waals surface area (Å²) in [6.07, 6.45) is 7.32. The molecule has 0 N–H and O–H groups in total. The van der Waals surface area contributed by atoms with Gasteiger partial charge in [0.15, 0.2) is 0 Å². The van der Waals surface area contributed by atoms with E-state index in [2.05, 4.69) is 0 Å². The van der Waals surface area contributed by atoms with E-state index >= 15 is 0 Å². The van der Waals surface area contributed by atoms with E-state index in [1.807, 2.05) is 26.0 Å². The first-order valence-corrected chi connectivity index (χ1v) is 10.3. The number of hydrogen-bond acceptors (Lipinski definition) is 3. The predicted octanol–water partition coefficient (Wildman–Crippen LogP) is 4.31. The van der Waals surface area contributed by atoms with Crippen LogP contribution in [0.25, 0.3) is 0 Å². The third-order valence-electron chi connectivity index (χ3n) is 6.53. The molecule has 4 bridgehead atoms. The minimum absolute atomic E-state index is 0.0898. The highest BCUT2D eigenvalue weighted by atomic mass is 32.2. The normalized spacial score (nSPS) is 37.0. The molecule has 1 aromatic rings. The Balaban J connectivity index is 1.55. The monoisotopic (exact) mass is 334 g/mol. The molecule has 0 spiro atoms. The largest absolute Gasteiger partial charge is 0.297 e. The third kappa shape index (κ3) is 2.74. The quantitative estimate of drug-likeness (QED) is 0.771. The summed E-state index contributed by atoms with van der Waals surface area (Å²) in [6, 6.07) is 6.95. The molecule has 4 saturated carbocycles. The first kappa shape index (κ1) is 15.6. The Hall–Kier alpha value is -0.870. The van der Waals surface area contributed by atoms with Crippen LogP contribution in [0.3, 0.4) is 0 Å². The minimum Gasteiger partial charge on any atom is -0.263 e. The molecular weight excluding hydrogens is 308 g/mol. The van der Waals surface area contributed by atoms with Crippen molar-refractivity contribution in [2.45, 2.75) is 63.4 Å². The molecule has 0 heterocycles. The van der Waals surface area contributed by atoms with Gasteiger partial charge in [0.05, 0.1) is 11.0 Å². The Labute approximate surface area is 139 Å². The summed E-state index contributed by atoms with van der Waals surface area (Å²) < 4.78 is 31.0. The van der Waals surface area contributed by atoms with Gasteiger partial charge in [0.25, 0.3) is 10.1 Å². The van der Waals surface area contributed by atoms with Crippen LogP contribution in [0.15, 0.2) is 29.2 Å². The first-order valence-electron chi connectivity index (χ1n) is 8.86. The third-order valence-corrected chi connectivity index (χ3v) is 7.92. The maximum Gasteiger partial charge on any atom is 0.297 e. The molecule has 126 valence electrons. The fourth-order valence-electron chi connectivity index (χ4n) is 5.73. The van der Waals surface area contributed by atoms with E-state index in [-0.39, 0.29) is 16.4 Å². The van der Waals surface area contributed by atoms with Crippen LogP contribution in [0.2, 0.25) is 0 Å². The molecular formula is C19H26O3S. The second-order valence-corrected chi connectivity index (χ2v) is 9.86. The van der Waals surface area contributed by atoms with Crippen molar-refractivity contribution in [1.29, 1.82) is 0 Å². The number of hydrogen-bond donors (Lipinski definition) is 0. The van der Waals surface area contributed by atoms with Crippen molar-refractivity contribution in [3.63, 3.8) is 0 Å². The molecule has 4 aliphatic rings. The van der Waals surface area contributed by atoms with Gasteiger partial charge in [-0.15, -0.1) is 0 Å². The van der Waals surface area contributed by atoms with Crippen LogP contribution in [-0.2, 0) is 14.3 Å². The van der Waals surface area contributed by atoms with Crippen molar-refractivity contribution in [2.24, 2.45) is 23.2 Å². The number of aryl methyl sites for hydroxylation is 1. The smallest absolute Gasteiger partial charge is 0.263 e. The fourth-order valence-corrected chi connectivity index (χ4v) is 6.89. The Morgan fingerprint density at radius 2 is 1.48 bits per heavy atom. The van der Waals surface area contributed by atoms with Crippen molar-refractivity contribution >= 4 is 10.1 Å². The Bertz CT molecular complexity index is 655. The topological polar surface area (TPSA) is 43.4 Å². The van der Waals surface area contributed by atoms with E-state index in [1.165, 1.54) is 19.3 Å². The van der Waals surface area contributed by atoms with Crippen LogP contribution in [0.4, 0.5) is 0 Å². The summed E-state index contributed by atoms with van der Waals surface area (Å²) in [5.74, 6) is 2.40. The highest BCUT2D eigenvalue weighted by Crippen LogP contribution is 2.61. The second kappa shape index (κ2) is 5.32. The van der Waals surface area contributed by atoms with Crippen molar-refractivity contribution < 1.29 is 12.6 Å². The van der Waals surface area contributed by atoms with Gasteiger partial charge in [-0.1, -0.05) is 17.7 Å². The van der Waals surface area contributed by atoms with Crippen LogP contribution < -0.4 is 0 Å². The predicted molar refractivity (Wildman–Crippen MR) is 89.5 cm³/mol. The number of benzene rings is 1. The molecule has 4 fully saturated rings. The Kier molecular flexibility index (Phi) is 3.62. The fraction of sp³-hybridized carbons (Fsp3) is 0.684. The Morgan fingerprint density at radius 1 is 1.00 bits per heavy atom. The summed E-state index contributed by atoms with van der Waals surface area (Å²) in [6.45, 7) is 3.94. The van der Waals surface area contributed by atoms with Gasteiger partial charge in [0, 0.05) is 0 Å². The zero-order chi connectivity index (χ0) is 16.2. The van der Waals surface area contributed by atoms with E-state index in [1.54, 1.807) is 12.1 Å². The molecule has 3 nitrogen and oxygen atoms in total. The van der Waals surface area contributed by atoms with E-state index in [9.17, 15) is 8.42 Å². The van der Waals surface area contributed by atoms with Gasteiger partial charge in [-0.25, -0.2) is 0 Å². The maximum atomic E-state index is 12.6. The lowest BCUT2D eigenvalue weighted by molar-refractivity contribution is -0.104. The molecule has 0 unspecified atom stereocenters. The lowest BCUT2D eigenvalue weighted by Crippen LogP contribution is -2.51. The van der Waals surface area contributed by atoms with Gasteiger partial charge in [-0.2, -0.15) is 8.42 Å². The highest BCUT2D eigenvalue weighted by molar-refractivity contribution is 7.86. The number of rotatable bonds is 4. The lowest BCUT2D eigenvalue weighted by Gasteiger charge is -2.58. The summed E-state index contributed by atoms with van der Waals surface area (Å²) >= 11 is 0. The van der Waals surface area contributed by atoms with Gasteiger partial charge in [-0.3, -0.25) is 4.18 Å². The summed E-state index contributed by atoms with van der Waals surface area (Å²) in [5, 5.41) is 0. The average molecular weight is 334 g/mol. The highest BCUT2D eigenvalue weighted by Gasteiger charge is 2.54. The second-order valence-electron chi connectivity index (χ2n) is 8.29. The van der Waals surface area contributed by atoms with E-state index < -0.39 is 10.1 Å². The van der Waals surface area contributed by atoms with E-state index in [0.29, 0.717) is 0 Å². The Morgan fingerprint density at radius 3 is 1.96 bits per heavy atom. The van der Waals surface area contributed by atoms with Crippen LogP contribution >= 0.6 is 0 Å². The zero-order valence-corrected chi connectivity index (χ0v) is 14.8. The van der Waals surface area contributed by atoms with Gasteiger partial charge in [0.1, 0.15) is 0 Å². The van der Waals surface area contributed by atoms with Crippen molar-refractivity contribution in [3.8, 4) is 0 Å². The minimum atomic E-state index is -3.67. The molecule has 4 heteroatoms. The van der Waals surface area contributed by atoms with Crippen LogP contribution in [-0.4, -0.2) is 14.5 Å². The summed E-state index contributed by atoms with van der Waals surface area (Å²) in [5.41, 5.74) is 1.14. The van der Waals surface area contributed by atoms with Gasteiger partial charge >= 0.3 is 0 Å². The molecule has 0 amide bonds. The molecule has 0 radical (unpaired) electrons. The summed E-state index contributed by atoms with van der Waals surface area (Å²) in [7, 11) is -3.67. The molecule has 0 saturated heterocycles. The van der Waals surface area contributed by atoms with Crippen molar-refractivity contribution in [1.82, 2.24) is 0 Å². The molecule has 1 atom stereocenters. The molecule has 0 aromatic heterocycles. The molecule has 4 aliphatic carbocycles. The zero-order valence-electron chi connectivity index (χ0n) is 14.0. The maximum absolute atomic E-state index is 12.6. The SMILES string of the molecule is Cc1ccc(S(=O)(=O)O[C@@H](C)C23CC4CC(CC(C4)C2)C3)cc1. The molecule has 0 aliphatic heterocycles. The summed E-state index contributed by atoms with van der Waals surface area (Å²) in [4.78, 5) is 0.277. The first-order chi connectivity index (χ1) is 10.9. The molecule has 1 aromatic carbocycles. The van der Waals surface area contributed by atoms with Crippen LogP contribution in [0, 0.1) is 30.1 Å². The van der Waals surface area contributed by atoms with Crippen molar-refractivity contribution in [3.05, 3.63) is 29.8 Å². The van der Waals surface area contributed by atoms with Gasteiger partial charge < -0.3 is 0 Å². The standard InChI is InChI=1S/C19H26O3S/c1-13-3-5-18(6-4-13)23(20,21)22-14(2)19-10-15-7-16(11-19)9-17(8-15)12-19/h3-6,14-17H,7-12H2,1-2H3/t14-,15?,16?,17?,19?/m0/s1. The van der Waals surface area contributed by atoms with Crippen LogP contribution in [0.1, 0.15) is 51.0 Å². The molecule has 23 heavy (non-hydrogen) atoms. The van der Waals surface area contributed by atoms with Gasteiger partial charge in [-0.05, 0) is 87.7 Å².